The molecule has 0 aromatic carbocycles. The van der Waals surface area contributed by atoms with Gasteiger partial charge in [0.15, 0.2) is 0 Å². The summed E-state index contributed by atoms with van der Waals surface area (Å²) in [5, 5.41) is 0.194. The molecule has 12 atom stereocenters. The van der Waals surface area contributed by atoms with Crippen LogP contribution in [0.5, 0.6) is 0 Å². The van der Waals surface area contributed by atoms with Gasteiger partial charge in [-0.2, -0.15) is 0 Å². The van der Waals surface area contributed by atoms with Crippen LogP contribution in [0, 0.1) is 17.8 Å². The molecule has 8 aliphatic heterocycles. The van der Waals surface area contributed by atoms with E-state index in [4.69, 9.17) is 61.1 Å². The number of amides is 6. The number of nitrogens with zero attached hydrogens (tertiary/aromatic N) is 6. The van der Waals surface area contributed by atoms with Crippen molar-refractivity contribution in [3.8, 4) is 0 Å². The lowest BCUT2D eigenvalue weighted by molar-refractivity contribution is -0.165. The molecule has 8 heterocycles. The van der Waals surface area contributed by atoms with Gasteiger partial charge in [-0.15, -0.1) is 36.4 Å². The standard InChI is InChI=1S/C24H38N2O5.2C22H34N2O5.2C6H12O2.2C2H6.CH2Cl2/c1-9-16-12-11-15-25(22(29)31-24(6,7)8)19(16)20(27)26-17(10-2)13-14-18(26)21(28)30-23(3,4)5;2*1-21(2,3)28-19(26)16-12-11-15-10-9-14-8-7-13-23(17(14)18(25)24(15)16)20(27)29-22(4,5)6;2*1-5(7)8-6(2,3)4;2*1-2;2-1-3/h9-10,16-19H,1-2,11-15H2,3-8H3;2*9-10,14-17H,7-8,11-13H2,1-6H3;2*1-4H3;2*1-2H3;1H2/t16?,17-,18-,19?;14-,15+,16+,17+;14-,15-,16-,17+;;;;;/m010...../s1. The van der Waals surface area contributed by atoms with Gasteiger partial charge in [-0.1, -0.05) is 64.2 Å². The molecule has 0 spiro atoms. The van der Waals surface area contributed by atoms with Crippen molar-refractivity contribution in [1.29, 1.82) is 0 Å². The number of piperidine rings is 3. The SMILES string of the molecule is C=CC1CCCN(C(=O)OC(C)(C)C)C1C(=O)N1[C@@H](C=C)CC[C@H]1C(=O)OC(C)(C)C.CC.CC.CC(=O)OC(C)(C)C.CC(=O)OC(C)(C)C.CC(C)(C)OC(=O)[C@@H]1CC[C@@H]2C=C[C@@H]3CCCN(C(=O)OC(C)(C)C)[C@H]3C(=O)N21.CC(C)(C)OC(=O)[C@@H]1CC[C@@H]2C=C[C@H]3CCCN(C(=O)OC(C)(C)C)[C@@H]3C(=O)N21.ClCCl. The van der Waals surface area contributed by atoms with E-state index in [0.717, 1.165) is 51.4 Å². The van der Waals surface area contributed by atoms with Crippen molar-refractivity contribution in [2.45, 2.75) is 384 Å². The molecular weight excluding hydrogens is 1480 g/mol. The highest BCUT2D eigenvalue weighted by Gasteiger charge is 2.54. The molecule has 2 unspecified atom stereocenters. The predicted molar refractivity (Wildman–Crippen MR) is 438 cm³/mol. The number of halogens is 2. The van der Waals surface area contributed by atoms with Crippen LogP contribution in [0.4, 0.5) is 14.4 Å². The molecule has 27 heteroatoms. The molecule has 642 valence electrons. The fourth-order valence-electron chi connectivity index (χ4n) is 14.0. The maximum Gasteiger partial charge on any atom is 0.410 e. The number of carbonyl (C=O) groups is 11. The minimum absolute atomic E-state index is 0.0614. The van der Waals surface area contributed by atoms with Crippen LogP contribution < -0.4 is 0 Å². The molecule has 112 heavy (non-hydrogen) atoms. The summed E-state index contributed by atoms with van der Waals surface area (Å²) in [6.45, 7) is 63.6. The number of alkyl halides is 2. The van der Waals surface area contributed by atoms with Crippen LogP contribution in [0.3, 0.4) is 0 Å². The van der Waals surface area contributed by atoms with Crippen LogP contribution >= 0.6 is 23.2 Å². The molecule has 0 bridgehead atoms. The molecule has 6 saturated heterocycles. The van der Waals surface area contributed by atoms with Crippen molar-refractivity contribution in [2.75, 3.05) is 25.0 Å². The van der Waals surface area contributed by atoms with Crippen molar-refractivity contribution in [1.82, 2.24) is 29.4 Å². The zero-order valence-electron chi connectivity index (χ0n) is 73.8. The molecule has 8 rings (SSSR count). The topological polar surface area (TPSA) is 281 Å². The van der Waals surface area contributed by atoms with E-state index in [-0.39, 0.29) is 94.0 Å². The van der Waals surface area contributed by atoms with Crippen LogP contribution in [0.2, 0.25) is 0 Å². The third-order valence-corrected chi connectivity index (χ3v) is 17.4. The molecule has 0 N–H and O–H groups in total. The second-order valence-electron chi connectivity index (χ2n) is 36.3. The Bertz CT molecular complexity index is 3040. The second-order valence-corrected chi connectivity index (χ2v) is 37.2. The molecule has 6 amide bonds. The van der Waals surface area contributed by atoms with Gasteiger partial charge in [-0.25, -0.2) is 28.8 Å². The highest BCUT2D eigenvalue weighted by atomic mass is 35.5. The molecule has 8 aliphatic rings. The zero-order chi connectivity index (χ0) is 87.0. The fourth-order valence-corrected chi connectivity index (χ4v) is 14.0. The average molecular weight is 1630 g/mol. The summed E-state index contributed by atoms with van der Waals surface area (Å²) < 4.78 is 43.0. The van der Waals surface area contributed by atoms with Gasteiger partial charge in [-0.05, 0) is 243 Å². The third-order valence-electron chi connectivity index (χ3n) is 17.4. The normalized spacial score (nSPS) is 24.7. The molecule has 6 fully saturated rings. The first-order valence-electron chi connectivity index (χ1n) is 40.0. The highest BCUT2D eigenvalue weighted by Crippen LogP contribution is 2.40. The van der Waals surface area contributed by atoms with Gasteiger partial charge < -0.3 is 52.6 Å². The lowest BCUT2D eigenvalue weighted by atomic mass is 9.88. The van der Waals surface area contributed by atoms with E-state index < -0.39 is 94.1 Å². The van der Waals surface area contributed by atoms with Crippen molar-refractivity contribution in [3.05, 3.63) is 49.6 Å². The largest absolute Gasteiger partial charge is 0.460 e. The summed E-state index contributed by atoms with van der Waals surface area (Å²) in [7, 11) is 0. The quantitative estimate of drug-likeness (QED) is 0.103. The van der Waals surface area contributed by atoms with Gasteiger partial charge in [0.2, 0.25) is 17.7 Å². The van der Waals surface area contributed by atoms with E-state index in [1.54, 1.807) is 78.2 Å². The van der Waals surface area contributed by atoms with Crippen molar-refractivity contribution in [2.24, 2.45) is 17.8 Å². The van der Waals surface area contributed by atoms with Crippen LogP contribution in [-0.2, 0) is 76.3 Å². The predicted octanol–water partition coefficient (Wildman–Crippen LogP) is 16.8. The Balaban J connectivity index is 0.000000735. The number of likely N-dealkylation sites (tertiary alicyclic amines) is 4. The van der Waals surface area contributed by atoms with Crippen LogP contribution in [0.1, 0.15) is 285 Å². The smallest absolute Gasteiger partial charge is 0.410 e. The van der Waals surface area contributed by atoms with Gasteiger partial charge in [0.1, 0.15) is 81.1 Å². The molecule has 0 aromatic heterocycles. The van der Waals surface area contributed by atoms with E-state index in [1.165, 1.54) is 18.7 Å². The summed E-state index contributed by atoms with van der Waals surface area (Å²) in [6, 6.07) is -4.54. The van der Waals surface area contributed by atoms with Gasteiger partial charge in [0.05, 0.1) is 23.5 Å². The maximum atomic E-state index is 13.9. The van der Waals surface area contributed by atoms with Crippen molar-refractivity contribution >= 4 is 89.0 Å². The van der Waals surface area contributed by atoms with E-state index in [9.17, 15) is 52.7 Å². The number of ether oxygens (including phenoxy) is 8. The maximum absolute atomic E-state index is 13.9. The first-order valence-corrected chi connectivity index (χ1v) is 41.1. The summed E-state index contributed by atoms with van der Waals surface area (Å²) in [6.07, 6.45) is 18.6. The summed E-state index contributed by atoms with van der Waals surface area (Å²) in [4.78, 5) is 148. The Labute approximate surface area is 681 Å². The van der Waals surface area contributed by atoms with E-state index in [0.29, 0.717) is 45.3 Å². The summed E-state index contributed by atoms with van der Waals surface area (Å²) in [5.74, 6) is -2.61. The van der Waals surface area contributed by atoms with Crippen LogP contribution in [0.15, 0.2) is 49.6 Å². The van der Waals surface area contributed by atoms with Gasteiger partial charge >= 0.3 is 48.1 Å². The van der Waals surface area contributed by atoms with Crippen LogP contribution in [0.25, 0.3) is 0 Å². The van der Waals surface area contributed by atoms with E-state index in [1.807, 2.05) is 164 Å². The monoisotopic (exact) mass is 1620 g/mol. The Morgan fingerprint density at radius 3 is 0.964 bits per heavy atom. The first kappa shape index (κ1) is 103. The Hall–Kier alpha value is -6.89. The lowest BCUT2D eigenvalue weighted by Crippen LogP contribution is -2.60. The van der Waals surface area contributed by atoms with Gasteiger partial charge in [0, 0.05) is 51.2 Å². The van der Waals surface area contributed by atoms with Gasteiger partial charge in [0.25, 0.3) is 0 Å². The molecular formula is C85H144Cl2N6O19. The molecule has 25 nitrogen and oxygen atoms in total. The lowest BCUT2D eigenvalue weighted by Gasteiger charge is -2.42. The number of fused-ring (bicyclic) bond motifs is 4. The molecule has 0 saturated carbocycles. The van der Waals surface area contributed by atoms with E-state index >= 15 is 0 Å². The minimum atomic E-state index is -0.772. The summed E-state index contributed by atoms with van der Waals surface area (Å²) >= 11 is 9.53. The zero-order valence-corrected chi connectivity index (χ0v) is 75.3. The average Bonchev–Trinajstić information content (AvgIpc) is 1.58. The number of hydrogen-bond donors (Lipinski definition) is 0. The van der Waals surface area contributed by atoms with E-state index in [2.05, 4.69) is 25.3 Å². The molecule has 0 aliphatic carbocycles. The second kappa shape index (κ2) is 44.3. The number of esters is 5. The fraction of sp³-hybridized carbons (Fsp3) is 0.776. The molecule has 0 aromatic rings. The Morgan fingerprint density at radius 2 is 0.679 bits per heavy atom. The van der Waals surface area contributed by atoms with Crippen molar-refractivity contribution < 1.29 is 90.6 Å². The first-order chi connectivity index (χ1) is 51.3. The number of rotatable bonds is 6. The van der Waals surface area contributed by atoms with Gasteiger partial charge in [-0.3, -0.25) is 38.7 Å². The molecule has 0 radical (unpaired) electrons. The van der Waals surface area contributed by atoms with Crippen LogP contribution in [-0.4, -0.2) is 219 Å². The third kappa shape index (κ3) is 34.7. The van der Waals surface area contributed by atoms with Crippen molar-refractivity contribution in [3.63, 3.8) is 0 Å². The minimum Gasteiger partial charge on any atom is -0.460 e. The Morgan fingerprint density at radius 1 is 0.393 bits per heavy atom. The Kier molecular flexibility index (Phi) is 40.8. The summed E-state index contributed by atoms with van der Waals surface area (Å²) in [5.41, 5.74) is -4.49. The number of carbonyl (C=O) groups excluding carboxylic acids is 11. The number of hydrogen-bond acceptors (Lipinski definition) is 19. The highest BCUT2D eigenvalue weighted by molar-refractivity contribution is 6.40.